The fraction of sp³-hybridized carbons (Fsp3) is 0.296. The number of hydrogen-bond donors (Lipinski definition) is 1. The topological polar surface area (TPSA) is 84.0 Å². The first kappa shape index (κ1) is 24.1. The number of benzene rings is 2. The molecule has 0 bridgehead atoms. The summed E-state index contributed by atoms with van der Waals surface area (Å²) in [6.07, 6.45) is 3.52. The molecule has 2 amide bonds. The Hall–Kier alpha value is -4.07. The highest BCUT2D eigenvalue weighted by Gasteiger charge is 2.34. The number of piperazine rings is 1. The number of anilines is 1. The van der Waals surface area contributed by atoms with E-state index in [1.165, 1.54) is 0 Å². The lowest BCUT2D eigenvalue weighted by atomic mass is 10.00. The molecule has 3 aromatic rings. The van der Waals surface area contributed by atoms with E-state index in [9.17, 15) is 9.59 Å². The Morgan fingerprint density at radius 2 is 1.83 bits per heavy atom. The number of pyridine rings is 1. The van der Waals surface area contributed by atoms with Crippen LogP contribution in [0.15, 0.2) is 67.0 Å². The van der Waals surface area contributed by atoms with Gasteiger partial charge in [-0.25, -0.2) is 0 Å². The zero-order valence-corrected chi connectivity index (χ0v) is 20.2. The standard InChI is InChI=1S/C27H30N4O4/c1-19(32)31-14-13-30(18-24(31)22-8-4-5-9-25(22)34-2)27(33)21-10-11-26(35-3)23(15-21)29-17-20-7-6-12-28-16-20/h4-12,15-16,24,29H,13-14,17-18H2,1-3H3/t24-/m0/s1. The molecule has 1 aliphatic rings. The minimum Gasteiger partial charge on any atom is -0.496 e. The van der Waals surface area contributed by atoms with Crippen LogP contribution in [-0.2, 0) is 11.3 Å². The Kier molecular flexibility index (Phi) is 7.50. The molecule has 0 saturated carbocycles. The number of nitrogens with zero attached hydrogens (tertiary/aromatic N) is 3. The van der Waals surface area contributed by atoms with Gasteiger partial charge in [-0.2, -0.15) is 0 Å². The molecular weight excluding hydrogens is 444 g/mol. The highest BCUT2D eigenvalue weighted by atomic mass is 16.5. The summed E-state index contributed by atoms with van der Waals surface area (Å²) in [5.74, 6) is 1.22. The summed E-state index contributed by atoms with van der Waals surface area (Å²) in [7, 11) is 3.21. The number of nitrogens with one attached hydrogen (secondary N) is 1. The molecule has 0 unspecified atom stereocenters. The van der Waals surface area contributed by atoms with E-state index in [0.29, 0.717) is 43.2 Å². The number of amides is 2. The van der Waals surface area contributed by atoms with Gasteiger partial charge in [0.25, 0.3) is 5.91 Å². The van der Waals surface area contributed by atoms with Crippen molar-refractivity contribution in [2.24, 2.45) is 0 Å². The van der Waals surface area contributed by atoms with Gasteiger partial charge in [-0.1, -0.05) is 24.3 Å². The molecule has 2 aromatic carbocycles. The Morgan fingerprint density at radius 3 is 2.54 bits per heavy atom. The monoisotopic (exact) mass is 474 g/mol. The second-order valence-corrected chi connectivity index (χ2v) is 8.35. The van der Waals surface area contributed by atoms with Crippen LogP contribution >= 0.6 is 0 Å². The molecule has 4 rings (SSSR count). The molecule has 35 heavy (non-hydrogen) atoms. The van der Waals surface area contributed by atoms with Crippen LogP contribution in [0.1, 0.15) is 34.5 Å². The van der Waals surface area contributed by atoms with Gasteiger partial charge >= 0.3 is 0 Å². The normalized spacial score (nSPS) is 15.5. The Bertz CT molecular complexity index is 1180. The molecule has 2 heterocycles. The first-order valence-corrected chi connectivity index (χ1v) is 11.5. The third-order valence-corrected chi connectivity index (χ3v) is 6.22. The Morgan fingerprint density at radius 1 is 1.03 bits per heavy atom. The molecule has 0 spiro atoms. The second kappa shape index (κ2) is 10.9. The number of methoxy groups -OCH3 is 2. The van der Waals surface area contributed by atoms with Crippen LogP contribution in [-0.4, -0.2) is 60.5 Å². The highest BCUT2D eigenvalue weighted by molar-refractivity contribution is 5.96. The predicted molar refractivity (Wildman–Crippen MR) is 134 cm³/mol. The first-order valence-electron chi connectivity index (χ1n) is 11.5. The van der Waals surface area contributed by atoms with E-state index in [1.807, 2.05) is 42.5 Å². The molecule has 8 nitrogen and oxygen atoms in total. The fourth-order valence-corrected chi connectivity index (χ4v) is 4.41. The van der Waals surface area contributed by atoms with Gasteiger partial charge in [-0.05, 0) is 35.9 Å². The maximum atomic E-state index is 13.5. The van der Waals surface area contributed by atoms with Crippen molar-refractivity contribution in [3.63, 3.8) is 0 Å². The SMILES string of the molecule is COc1ccc(C(=O)N2CCN(C(C)=O)[C@H](c3ccccc3OC)C2)cc1NCc1cccnc1. The lowest BCUT2D eigenvalue weighted by molar-refractivity contribution is -0.133. The fourth-order valence-electron chi connectivity index (χ4n) is 4.41. The number of rotatable bonds is 7. The van der Waals surface area contributed by atoms with Gasteiger partial charge in [0.1, 0.15) is 11.5 Å². The summed E-state index contributed by atoms with van der Waals surface area (Å²) in [5.41, 5.74) is 3.18. The summed E-state index contributed by atoms with van der Waals surface area (Å²) in [5, 5.41) is 3.35. The van der Waals surface area contributed by atoms with Crippen molar-refractivity contribution in [1.82, 2.24) is 14.8 Å². The van der Waals surface area contributed by atoms with E-state index in [4.69, 9.17) is 9.47 Å². The van der Waals surface area contributed by atoms with Crippen molar-refractivity contribution < 1.29 is 19.1 Å². The van der Waals surface area contributed by atoms with Crippen LogP contribution < -0.4 is 14.8 Å². The quantitative estimate of drug-likeness (QED) is 0.562. The molecule has 0 aliphatic carbocycles. The van der Waals surface area contributed by atoms with Crippen LogP contribution in [0.5, 0.6) is 11.5 Å². The summed E-state index contributed by atoms with van der Waals surface area (Å²) in [4.78, 5) is 33.7. The molecule has 1 fully saturated rings. The molecule has 0 radical (unpaired) electrons. The van der Waals surface area contributed by atoms with E-state index in [1.54, 1.807) is 55.5 Å². The predicted octanol–water partition coefficient (Wildman–Crippen LogP) is 3.76. The molecule has 1 atom stereocenters. The average Bonchev–Trinajstić information content (AvgIpc) is 2.91. The largest absolute Gasteiger partial charge is 0.496 e. The lowest BCUT2D eigenvalue weighted by Gasteiger charge is -2.41. The minimum atomic E-state index is -0.289. The smallest absolute Gasteiger partial charge is 0.254 e. The summed E-state index contributed by atoms with van der Waals surface area (Å²) in [6.45, 7) is 3.39. The average molecular weight is 475 g/mol. The van der Waals surface area contributed by atoms with E-state index in [2.05, 4.69) is 10.3 Å². The van der Waals surface area contributed by atoms with Gasteiger partial charge in [0.2, 0.25) is 5.91 Å². The van der Waals surface area contributed by atoms with E-state index < -0.39 is 0 Å². The number of carbonyl (C=O) groups excluding carboxylic acids is 2. The van der Waals surface area contributed by atoms with Crippen molar-refractivity contribution in [3.8, 4) is 11.5 Å². The van der Waals surface area contributed by atoms with Crippen LogP contribution in [0.25, 0.3) is 0 Å². The summed E-state index contributed by atoms with van der Waals surface area (Å²) < 4.78 is 11.0. The van der Waals surface area contributed by atoms with Gasteiger partial charge in [-0.3, -0.25) is 14.6 Å². The number of para-hydroxylation sites is 1. The third-order valence-electron chi connectivity index (χ3n) is 6.22. The zero-order chi connectivity index (χ0) is 24.8. The van der Waals surface area contributed by atoms with Crippen LogP contribution in [0.2, 0.25) is 0 Å². The van der Waals surface area contributed by atoms with Crippen LogP contribution in [0.4, 0.5) is 5.69 Å². The molecular formula is C27H30N4O4. The highest BCUT2D eigenvalue weighted by Crippen LogP contribution is 2.33. The van der Waals surface area contributed by atoms with Gasteiger partial charge in [0.15, 0.2) is 0 Å². The molecule has 8 heteroatoms. The van der Waals surface area contributed by atoms with E-state index in [-0.39, 0.29) is 17.9 Å². The van der Waals surface area contributed by atoms with Gasteiger partial charge in [0.05, 0.1) is 25.9 Å². The first-order chi connectivity index (χ1) is 17.0. The number of ether oxygens (including phenoxy) is 2. The molecule has 1 saturated heterocycles. The van der Waals surface area contributed by atoms with Gasteiger partial charge in [0, 0.05) is 56.6 Å². The minimum absolute atomic E-state index is 0.0284. The zero-order valence-electron chi connectivity index (χ0n) is 20.2. The number of carbonyl (C=O) groups is 2. The van der Waals surface area contributed by atoms with E-state index >= 15 is 0 Å². The van der Waals surface area contributed by atoms with Crippen molar-refractivity contribution in [2.45, 2.75) is 19.5 Å². The van der Waals surface area contributed by atoms with Crippen LogP contribution in [0, 0.1) is 0 Å². The molecule has 1 N–H and O–H groups in total. The van der Waals surface area contributed by atoms with E-state index in [0.717, 1.165) is 16.8 Å². The lowest BCUT2D eigenvalue weighted by Crippen LogP contribution is -2.51. The van der Waals surface area contributed by atoms with Crippen molar-refractivity contribution in [2.75, 3.05) is 39.2 Å². The maximum absolute atomic E-state index is 13.5. The van der Waals surface area contributed by atoms with Crippen molar-refractivity contribution >= 4 is 17.5 Å². The second-order valence-electron chi connectivity index (χ2n) is 8.35. The summed E-state index contributed by atoms with van der Waals surface area (Å²) >= 11 is 0. The van der Waals surface area contributed by atoms with Crippen molar-refractivity contribution in [1.29, 1.82) is 0 Å². The maximum Gasteiger partial charge on any atom is 0.254 e. The summed E-state index contributed by atoms with van der Waals surface area (Å²) in [6, 6.07) is 16.6. The molecule has 1 aromatic heterocycles. The molecule has 182 valence electrons. The van der Waals surface area contributed by atoms with Crippen LogP contribution in [0.3, 0.4) is 0 Å². The Balaban J connectivity index is 1.57. The van der Waals surface area contributed by atoms with Crippen molar-refractivity contribution in [3.05, 3.63) is 83.7 Å². The number of hydrogen-bond acceptors (Lipinski definition) is 6. The molecule has 1 aliphatic heterocycles. The van der Waals surface area contributed by atoms with Gasteiger partial charge < -0.3 is 24.6 Å². The van der Waals surface area contributed by atoms with Gasteiger partial charge in [-0.15, -0.1) is 0 Å². The number of aromatic nitrogens is 1. The Labute approximate surface area is 205 Å². The third kappa shape index (κ3) is 5.37.